The lowest BCUT2D eigenvalue weighted by molar-refractivity contribution is -0.130. The maximum atomic E-state index is 13.5. The van der Waals surface area contributed by atoms with Crippen LogP contribution in [0.5, 0.6) is 0 Å². The van der Waals surface area contributed by atoms with Gasteiger partial charge >= 0.3 is 0 Å². The van der Waals surface area contributed by atoms with E-state index >= 15 is 0 Å². The number of likely N-dealkylation sites (tertiary alicyclic amines) is 1. The predicted molar refractivity (Wildman–Crippen MR) is 113 cm³/mol. The zero-order chi connectivity index (χ0) is 21.9. The molecule has 2 aliphatic rings. The van der Waals surface area contributed by atoms with E-state index in [-0.39, 0.29) is 31.3 Å². The quantitative estimate of drug-likeness (QED) is 0.742. The average Bonchev–Trinajstić information content (AvgIpc) is 3.10. The molecule has 1 aromatic carbocycles. The molecule has 6 nitrogen and oxygen atoms in total. The Morgan fingerprint density at radius 3 is 2.83 bits per heavy atom. The summed E-state index contributed by atoms with van der Waals surface area (Å²) in [5, 5.41) is 15.6. The number of allylic oxidation sites excluding steroid dienone is 2. The van der Waals surface area contributed by atoms with Crippen molar-refractivity contribution in [1.29, 1.82) is 5.26 Å². The molecule has 30 heavy (non-hydrogen) atoms. The second kappa shape index (κ2) is 9.05. The molecule has 1 fully saturated rings. The lowest BCUT2D eigenvalue weighted by Crippen LogP contribution is -2.41. The van der Waals surface area contributed by atoms with Crippen LogP contribution in [0, 0.1) is 23.7 Å². The molecule has 1 aromatic rings. The Morgan fingerprint density at radius 2 is 2.20 bits per heavy atom. The number of aryl methyl sites for hydroxylation is 1. The molecule has 1 heterocycles. The molecule has 8 heteroatoms. The van der Waals surface area contributed by atoms with Crippen molar-refractivity contribution in [3.05, 3.63) is 40.6 Å². The molecule has 3 rings (SSSR count). The minimum absolute atomic E-state index is 0.0125. The molecule has 0 radical (unpaired) electrons. The molecule has 0 saturated carbocycles. The van der Waals surface area contributed by atoms with Gasteiger partial charge < -0.3 is 15.5 Å². The SMILES string of the molecule is Cc1ccc(NC(=O)C2(C)CC=C(NCC(=O)N3C[C@@H](F)C[C@H]3C#N)CC2)c(Cl)c1. The number of hydrogen-bond acceptors (Lipinski definition) is 4. The number of carbonyl (C=O) groups is 2. The van der Waals surface area contributed by atoms with Crippen LogP contribution < -0.4 is 10.6 Å². The van der Waals surface area contributed by atoms with Crippen LogP contribution >= 0.6 is 11.6 Å². The third-order valence-corrected chi connectivity index (χ3v) is 6.16. The number of alkyl halides is 1. The number of benzene rings is 1. The summed E-state index contributed by atoms with van der Waals surface area (Å²) in [5.74, 6) is -0.384. The van der Waals surface area contributed by atoms with Crippen molar-refractivity contribution in [3.8, 4) is 6.07 Å². The van der Waals surface area contributed by atoms with Crippen LogP contribution in [0.2, 0.25) is 5.02 Å². The Morgan fingerprint density at radius 1 is 1.43 bits per heavy atom. The molecule has 160 valence electrons. The van der Waals surface area contributed by atoms with Crippen LogP contribution in [-0.2, 0) is 9.59 Å². The van der Waals surface area contributed by atoms with Crippen molar-refractivity contribution in [2.45, 2.75) is 51.7 Å². The molecular weight excluding hydrogens is 407 g/mol. The topological polar surface area (TPSA) is 85.2 Å². The molecule has 2 amide bonds. The van der Waals surface area contributed by atoms with Gasteiger partial charge in [0.25, 0.3) is 0 Å². The van der Waals surface area contributed by atoms with E-state index in [4.69, 9.17) is 16.9 Å². The highest BCUT2D eigenvalue weighted by Crippen LogP contribution is 2.36. The molecule has 0 spiro atoms. The Bertz CT molecular complexity index is 913. The fourth-order valence-electron chi connectivity index (χ4n) is 3.80. The normalized spacial score (nSPS) is 26.0. The molecule has 1 saturated heterocycles. The Balaban J connectivity index is 1.54. The minimum atomic E-state index is -1.14. The van der Waals surface area contributed by atoms with Gasteiger partial charge in [-0.1, -0.05) is 30.7 Å². The van der Waals surface area contributed by atoms with Crippen molar-refractivity contribution in [3.63, 3.8) is 0 Å². The van der Waals surface area contributed by atoms with Gasteiger partial charge in [-0.3, -0.25) is 9.59 Å². The van der Waals surface area contributed by atoms with Crippen molar-refractivity contribution in [1.82, 2.24) is 10.2 Å². The first-order chi connectivity index (χ1) is 14.2. The van der Waals surface area contributed by atoms with Gasteiger partial charge in [-0.2, -0.15) is 5.26 Å². The predicted octanol–water partition coefficient (Wildman–Crippen LogP) is 3.71. The van der Waals surface area contributed by atoms with Gasteiger partial charge in [0.1, 0.15) is 12.2 Å². The maximum absolute atomic E-state index is 13.5. The van der Waals surface area contributed by atoms with Gasteiger partial charge in [0.05, 0.1) is 35.3 Å². The van der Waals surface area contributed by atoms with E-state index in [1.807, 2.05) is 38.1 Å². The number of nitriles is 1. The number of hydrogen-bond donors (Lipinski definition) is 2. The summed E-state index contributed by atoms with van der Waals surface area (Å²) >= 11 is 6.22. The fourth-order valence-corrected chi connectivity index (χ4v) is 4.08. The first kappa shape index (κ1) is 22.1. The van der Waals surface area contributed by atoms with Crippen molar-refractivity contribution < 1.29 is 14.0 Å². The number of nitrogens with one attached hydrogen (secondary N) is 2. The molecule has 1 aliphatic carbocycles. The number of amides is 2. The lowest BCUT2D eigenvalue weighted by atomic mass is 9.77. The smallest absolute Gasteiger partial charge is 0.243 e. The summed E-state index contributed by atoms with van der Waals surface area (Å²) in [6, 6.07) is 6.78. The van der Waals surface area contributed by atoms with Crippen LogP contribution in [0.15, 0.2) is 30.0 Å². The summed E-state index contributed by atoms with van der Waals surface area (Å²) < 4.78 is 13.5. The van der Waals surface area contributed by atoms with Gasteiger partial charge in [-0.05, 0) is 43.9 Å². The summed E-state index contributed by atoms with van der Waals surface area (Å²) in [4.78, 5) is 26.5. The van der Waals surface area contributed by atoms with Gasteiger partial charge in [-0.15, -0.1) is 0 Å². The number of rotatable bonds is 5. The standard InChI is InChI=1S/C22H26ClFN4O2/c1-14-3-4-19(18(23)9-14)27-21(30)22(2)7-5-16(6-8-22)26-12-20(29)28-13-15(24)10-17(28)11-25/h3-5,9,15,17,26H,6-8,10,12-13H2,1-2H3,(H,27,30)/t15-,17-,22?/m0/s1. The summed E-state index contributed by atoms with van der Waals surface area (Å²) in [6.07, 6.45) is 2.61. The number of nitrogens with zero attached hydrogens (tertiary/aromatic N) is 2. The average molecular weight is 433 g/mol. The van der Waals surface area contributed by atoms with E-state index < -0.39 is 17.6 Å². The van der Waals surface area contributed by atoms with Crippen LogP contribution in [0.4, 0.5) is 10.1 Å². The lowest BCUT2D eigenvalue weighted by Gasteiger charge is -2.32. The van der Waals surface area contributed by atoms with Crippen molar-refractivity contribution >= 4 is 29.1 Å². The maximum Gasteiger partial charge on any atom is 0.243 e. The number of halogens is 2. The van der Waals surface area contributed by atoms with E-state index in [1.165, 1.54) is 4.90 Å². The molecule has 1 unspecified atom stereocenters. The van der Waals surface area contributed by atoms with Crippen molar-refractivity contribution in [2.75, 3.05) is 18.4 Å². The van der Waals surface area contributed by atoms with Crippen LogP contribution in [0.3, 0.4) is 0 Å². The van der Waals surface area contributed by atoms with Crippen LogP contribution in [0.1, 0.15) is 38.2 Å². The number of anilines is 1. The monoisotopic (exact) mass is 432 g/mol. The van der Waals surface area contributed by atoms with E-state index in [0.29, 0.717) is 30.0 Å². The zero-order valence-electron chi connectivity index (χ0n) is 17.2. The first-order valence-electron chi connectivity index (χ1n) is 10.1. The number of carbonyl (C=O) groups excluding carboxylic acids is 2. The summed E-state index contributed by atoms with van der Waals surface area (Å²) in [5.41, 5.74) is 1.92. The highest BCUT2D eigenvalue weighted by atomic mass is 35.5. The highest BCUT2D eigenvalue weighted by molar-refractivity contribution is 6.33. The molecule has 2 N–H and O–H groups in total. The summed E-state index contributed by atoms with van der Waals surface area (Å²) in [7, 11) is 0. The zero-order valence-corrected chi connectivity index (χ0v) is 17.9. The molecule has 0 aromatic heterocycles. The van der Waals surface area contributed by atoms with E-state index in [9.17, 15) is 14.0 Å². The molecular formula is C22H26ClFN4O2. The second-order valence-electron chi connectivity index (χ2n) is 8.31. The minimum Gasteiger partial charge on any atom is -0.380 e. The second-order valence-corrected chi connectivity index (χ2v) is 8.72. The van der Waals surface area contributed by atoms with Gasteiger partial charge in [0.15, 0.2) is 0 Å². The third kappa shape index (κ3) is 4.93. The van der Waals surface area contributed by atoms with E-state index in [1.54, 1.807) is 6.07 Å². The first-order valence-corrected chi connectivity index (χ1v) is 10.4. The third-order valence-electron chi connectivity index (χ3n) is 5.85. The largest absolute Gasteiger partial charge is 0.380 e. The Hall–Kier alpha value is -2.59. The van der Waals surface area contributed by atoms with Gasteiger partial charge in [0, 0.05) is 12.1 Å². The van der Waals surface area contributed by atoms with E-state index in [0.717, 1.165) is 11.3 Å². The van der Waals surface area contributed by atoms with Crippen molar-refractivity contribution in [2.24, 2.45) is 5.41 Å². The van der Waals surface area contributed by atoms with Gasteiger partial charge in [0.2, 0.25) is 11.8 Å². The Kier molecular flexibility index (Phi) is 6.67. The summed E-state index contributed by atoms with van der Waals surface area (Å²) in [6.45, 7) is 3.83. The highest BCUT2D eigenvalue weighted by Gasteiger charge is 2.37. The Labute approximate surface area is 181 Å². The fraction of sp³-hybridized carbons (Fsp3) is 0.500. The molecule has 0 bridgehead atoms. The molecule has 3 atom stereocenters. The van der Waals surface area contributed by atoms with Crippen LogP contribution in [0.25, 0.3) is 0 Å². The molecule has 1 aliphatic heterocycles. The van der Waals surface area contributed by atoms with Gasteiger partial charge in [-0.25, -0.2) is 4.39 Å². The van der Waals surface area contributed by atoms with Crippen LogP contribution in [-0.4, -0.2) is 42.0 Å². The van der Waals surface area contributed by atoms with E-state index in [2.05, 4.69) is 10.6 Å².